The van der Waals surface area contributed by atoms with E-state index in [9.17, 15) is 4.79 Å². The van der Waals surface area contributed by atoms with E-state index in [2.05, 4.69) is 0 Å². The van der Waals surface area contributed by atoms with Crippen molar-refractivity contribution in [2.45, 2.75) is 0 Å². The Kier molecular flexibility index (Phi) is 3.83. The lowest BCUT2D eigenvalue weighted by atomic mass is 9.99. The minimum Gasteiger partial charge on any atom is -0.497 e. The molecule has 0 saturated heterocycles. The molecule has 0 aromatic heterocycles. The number of ether oxygens (including phenoxy) is 3. The third kappa shape index (κ3) is 2.55. The van der Waals surface area contributed by atoms with Crippen LogP contribution in [-0.4, -0.2) is 26.6 Å². The smallest absolute Gasteiger partial charge is 0.196 e. The fourth-order valence-corrected chi connectivity index (χ4v) is 2.41. The number of benzene rings is 2. The van der Waals surface area contributed by atoms with Crippen molar-refractivity contribution >= 4 is 11.9 Å². The van der Waals surface area contributed by atoms with Gasteiger partial charge in [0.05, 0.1) is 19.8 Å². The maximum Gasteiger partial charge on any atom is 0.196 e. The van der Waals surface area contributed by atoms with Crippen molar-refractivity contribution in [2.75, 3.05) is 20.8 Å². The van der Waals surface area contributed by atoms with Crippen LogP contribution >= 0.6 is 0 Å². The van der Waals surface area contributed by atoms with Crippen LogP contribution in [0.4, 0.5) is 0 Å². The average molecular weight is 296 g/mol. The van der Waals surface area contributed by atoms with Crippen LogP contribution in [-0.2, 0) is 0 Å². The number of fused-ring (bicyclic) bond motifs is 1. The summed E-state index contributed by atoms with van der Waals surface area (Å²) in [4.78, 5) is 12.7. The van der Waals surface area contributed by atoms with Gasteiger partial charge in [-0.2, -0.15) is 0 Å². The van der Waals surface area contributed by atoms with Crippen molar-refractivity contribution < 1.29 is 19.0 Å². The molecule has 0 bridgehead atoms. The second kappa shape index (κ2) is 5.93. The van der Waals surface area contributed by atoms with Crippen molar-refractivity contribution in [3.05, 3.63) is 59.2 Å². The van der Waals surface area contributed by atoms with Gasteiger partial charge in [0.25, 0.3) is 0 Å². The molecule has 0 fully saturated rings. The first-order valence-corrected chi connectivity index (χ1v) is 6.93. The normalized spacial score (nSPS) is 12.3. The minimum absolute atomic E-state index is 0.0960. The Morgan fingerprint density at radius 1 is 1.09 bits per heavy atom. The number of methoxy groups -OCH3 is 2. The molecular weight excluding hydrogens is 280 g/mol. The predicted octanol–water partition coefficient (Wildman–Crippen LogP) is 3.34. The molecular formula is C18H16O4. The van der Waals surface area contributed by atoms with E-state index in [4.69, 9.17) is 14.2 Å². The number of carbonyl (C=O) groups excluding carboxylic acids is 1. The molecule has 1 aliphatic rings. The van der Waals surface area contributed by atoms with Crippen LogP contribution in [0, 0.1) is 0 Å². The highest BCUT2D eigenvalue weighted by Crippen LogP contribution is 2.29. The Balaban J connectivity index is 1.99. The number of rotatable bonds is 4. The van der Waals surface area contributed by atoms with E-state index in [1.165, 1.54) is 7.11 Å². The van der Waals surface area contributed by atoms with Crippen LogP contribution in [0.25, 0.3) is 6.08 Å². The van der Waals surface area contributed by atoms with Crippen molar-refractivity contribution in [1.82, 2.24) is 0 Å². The van der Waals surface area contributed by atoms with E-state index < -0.39 is 0 Å². The number of carbonyl (C=O) groups is 1. The molecule has 0 saturated carbocycles. The van der Waals surface area contributed by atoms with Crippen LogP contribution in [0.2, 0.25) is 0 Å². The van der Waals surface area contributed by atoms with Crippen molar-refractivity contribution in [2.24, 2.45) is 0 Å². The van der Waals surface area contributed by atoms with Crippen LogP contribution in [0.3, 0.4) is 0 Å². The summed E-state index contributed by atoms with van der Waals surface area (Å²) in [5.74, 6) is 1.84. The molecule has 4 nitrogen and oxygen atoms in total. The third-order valence-corrected chi connectivity index (χ3v) is 3.56. The van der Waals surface area contributed by atoms with Crippen LogP contribution in [0.1, 0.15) is 21.5 Å². The topological polar surface area (TPSA) is 44.8 Å². The van der Waals surface area contributed by atoms with Gasteiger partial charge in [0.1, 0.15) is 23.9 Å². The first-order chi connectivity index (χ1) is 10.7. The number of ketones is 1. The zero-order valence-electron chi connectivity index (χ0n) is 12.5. The van der Waals surface area contributed by atoms with E-state index in [1.807, 2.05) is 24.3 Å². The van der Waals surface area contributed by atoms with Gasteiger partial charge >= 0.3 is 0 Å². The summed E-state index contributed by atoms with van der Waals surface area (Å²) >= 11 is 0. The van der Waals surface area contributed by atoms with Crippen LogP contribution in [0.15, 0.2) is 42.5 Å². The third-order valence-electron chi connectivity index (χ3n) is 3.56. The van der Waals surface area contributed by atoms with Crippen molar-refractivity contribution in [3.63, 3.8) is 0 Å². The Morgan fingerprint density at radius 3 is 2.73 bits per heavy atom. The highest BCUT2D eigenvalue weighted by molar-refractivity contribution is 6.11. The fraction of sp³-hybridized carbons (Fsp3) is 0.167. The summed E-state index contributed by atoms with van der Waals surface area (Å²) in [7, 11) is 3.11. The zero-order chi connectivity index (χ0) is 15.5. The highest BCUT2D eigenvalue weighted by Gasteiger charge is 2.17. The maximum atomic E-state index is 12.7. The van der Waals surface area contributed by atoms with Crippen LogP contribution < -0.4 is 14.2 Å². The Hall–Kier alpha value is -2.75. The van der Waals surface area contributed by atoms with Gasteiger partial charge in [-0.1, -0.05) is 6.08 Å². The van der Waals surface area contributed by atoms with Gasteiger partial charge < -0.3 is 14.2 Å². The molecule has 0 N–H and O–H groups in total. The molecule has 0 amide bonds. The fourth-order valence-electron chi connectivity index (χ4n) is 2.41. The van der Waals surface area contributed by atoms with E-state index in [-0.39, 0.29) is 5.78 Å². The maximum absolute atomic E-state index is 12.7. The molecule has 2 aromatic rings. The summed E-state index contributed by atoms with van der Waals surface area (Å²) in [5, 5.41) is 0. The number of hydrogen-bond donors (Lipinski definition) is 0. The Morgan fingerprint density at radius 2 is 1.95 bits per heavy atom. The lowest BCUT2D eigenvalue weighted by Crippen LogP contribution is -2.06. The largest absolute Gasteiger partial charge is 0.497 e. The zero-order valence-corrected chi connectivity index (χ0v) is 12.5. The van der Waals surface area contributed by atoms with Gasteiger partial charge in [-0.15, -0.1) is 0 Å². The summed E-state index contributed by atoms with van der Waals surface area (Å²) in [6.45, 7) is 0.562. The molecule has 22 heavy (non-hydrogen) atoms. The lowest BCUT2D eigenvalue weighted by molar-refractivity contribution is 0.103. The Bertz CT molecular complexity index is 747. The standard InChI is InChI=1S/C18H16O4/c1-20-14-6-7-15(17(11-14)21-2)18(19)13-5-8-16-12(10-13)4-3-9-22-16/h3-8,10-11H,9H2,1-2H3. The SMILES string of the molecule is COc1ccc(C(=O)c2ccc3c(c2)C=CCO3)c(OC)c1. The van der Waals surface area contributed by atoms with Gasteiger partial charge in [-0.05, 0) is 36.4 Å². The molecule has 1 heterocycles. The van der Waals surface area contributed by atoms with E-state index in [0.717, 1.165) is 11.3 Å². The molecule has 1 aliphatic heterocycles. The highest BCUT2D eigenvalue weighted by atomic mass is 16.5. The van der Waals surface area contributed by atoms with Crippen LogP contribution in [0.5, 0.6) is 17.2 Å². The summed E-state index contributed by atoms with van der Waals surface area (Å²) in [6.07, 6.45) is 3.88. The summed E-state index contributed by atoms with van der Waals surface area (Å²) < 4.78 is 16.0. The quantitative estimate of drug-likeness (QED) is 0.812. The summed E-state index contributed by atoms with van der Waals surface area (Å²) in [6, 6.07) is 10.6. The number of hydrogen-bond acceptors (Lipinski definition) is 4. The molecule has 4 heteroatoms. The molecule has 2 aromatic carbocycles. The monoisotopic (exact) mass is 296 g/mol. The molecule has 3 rings (SSSR count). The van der Waals surface area contributed by atoms with Gasteiger partial charge in [0, 0.05) is 17.2 Å². The predicted molar refractivity (Wildman–Crippen MR) is 83.9 cm³/mol. The first-order valence-electron chi connectivity index (χ1n) is 6.93. The first kappa shape index (κ1) is 14.2. The van der Waals surface area contributed by atoms with Gasteiger partial charge in [0.2, 0.25) is 0 Å². The van der Waals surface area contributed by atoms with Gasteiger partial charge in [-0.25, -0.2) is 0 Å². The van der Waals surface area contributed by atoms with E-state index >= 15 is 0 Å². The molecule has 0 unspecified atom stereocenters. The second-order valence-electron chi connectivity index (χ2n) is 4.86. The van der Waals surface area contributed by atoms with Gasteiger partial charge in [-0.3, -0.25) is 4.79 Å². The minimum atomic E-state index is -0.0960. The van der Waals surface area contributed by atoms with Crippen molar-refractivity contribution in [1.29, 1.82) is 0 Å². The molecule has 112 valence electrons. The van der Waals surface area contributed by atoms with E-state index in [1.54, 1.807) is 31.4 Å². The van der Waals surface area contributed by atoms with Gasteiger partial charge in [0.15, 0.2) is 5.78 Å². The average Bonchev–Trinajstić information content (AvgIpc) is 2.60. The Labute approximate surface area is 128 Å². The molecule has 0 atom stereocenters. The van der Waals surface area contributed by atoms with Crippen molar-refractivity contribution in [3.8, 4) is 17.2 Å². The lowest BCUT2D eigenvalue weighted by Gasteiger charge is -2.14. The molecule has 0 radical (unpaired) electrons. The van der Waals surface area contributed by atoms with E-state index in [0.29, 0.717) is 29.2 Å². The molecule has 0 aliphatic carbocycles. The summed E-state index contributed by atoms with van der Waals surface area (Å²) in [5.41, 5.74) is 2.01. The second-order valence-corrected chi connectivity index (χ2v) is 4.86. The molecule has 0 spiro atoms.